The van der Waals surface area contributed by atoms with Gasteiger partial charge in [-0.15, -0.1) is 0 Å². The highest BCUT2D eigenvalue weighted by molar-refractivity contribution is 5.81. The molecule has 138 valence electrons. The molecule has 1 N–H and O–H groups in total. The fraction of sp³-hybridized carbons (Fsp3) is 0.524. The largest absolute Gasteiger partial charge is 0.379 e. The van der Waals surface area contributed by atoms with Crippen LogP contribution in [0.2, 0.25) is 0 Å². The lowest BCUT2D eigenvalue weighted by Gasteiger charge is -2.39. The second-order valence-corrected chi connectivity index (χ2v) is 8.23. The first-order valence-electron chi connectivity index (χ1n) is 9.52. The van der Waals surface area contributed by atoms with E-state index in [1.807, 2.05) is 12.3 Å². The Morgan fingerprint density at radius 2 is 2.00 bits per heavy atom. The van der Waals surface area contributed by atoms with Crippen LogP contribution in [-0.4, -0.2) is 41.8 Å². The number of hydrogen-bond acceptors (Lipinski definition) is 5. The lowest BCUT2D eigenvalue weighted by Crippen LogP contribution is -2.37. The number of benzene rings is 1. The first-order chi connectivity index (χ1) is 12.4. The SMILES string of the molecule is Cc1cc(-c2ccnc(N3CCOCC3)n2)c2c(c1)[C@H](C)CC(C)(C)N2. The Morgan fingerprint density at radius 1 is 1.23 bits per heavy atom. The number of ether oxygens (including phenoxy) is 1. The van der Waals surface area contributed by atoms with Crippen LogP contribution in [-0.2, 0) is 4.74 Å². The number of aryl methyl sites for hydroxylation is 1. The molecule has 1 aromatic heterocycles. The fourth-order valence-corrected chi connectivity index (χ4v) is 4.22. The number of nitrogens with one attached hydrogen (secondary N) is 1. The van der Waals surface area contributed by atoms with Crippen molar-refractivity contribution in [1.82, 2.24) is 9.97 Å². The zero-order valence-electron chi connectivity index (χ0n) is 16.2. The monoisotopic (exact) mass is 352 g/mol. The van der Waals surface area contributed by atoms with Gasteiger partial charge in [0.1, 0.15) is 0 Å². The smallest absolute Gasteiger partial charge is 0.226 e. The van der Waals surface area contributed by atoms with E-state index in [1.54, 1.807) is 0 Å². The standard InChI is InChI=1S/C21H28N4O/c1-14-11-16-15(2)13-21(3,4)24-19(16)17(12-14)18-5-6-22-20(23-18)25-7-9-26-10-8-25/h5-6,11-12,15,24H,7-10,13H2,1-4H3/t15-/m1/s1. The van der Waals surface area contributed by atoms with Gasteiger partial charge in [0.25, 0.3) is 0 Å². The summed E-state index contributed by atoms with van der Waals surface area (Å²) in [7, 11) is 0. The number of hydrogen-bond donors (Lipinski definition) is 1. The summed E-state index contributed by atoms with van der Waals surface area (Å²) in [5, 5.41) is 3.77. The van der Waals surface area contributed by atoms with Gasteiger partial charge >= 0.3 is 0 Å². The maximum atomic E-state index is 5.45. The van der Waals surface area contributed by atoms with Gasteiger partial charge in [-0.25, -0.2) is 9.97 Å². The zero-order chi connectivity index (χ0) is 18.3. The Kier molecular flexibility index (Phi) is 4.35. The van der Waals surface area contributed by atoms with Crippen LogP contribution in [0.15, 0.2) is 24.4 Å². The summed E-state index contributed by atoms with van der Waals surface area (Å²) in [6.07, 6.45) is 3.00. The summed E-state index contributed by atoms with van der Waals surface area (Å²) in [5.74, 6) is 1.32. The van der Waals surface area contributed by atoms with Crippen molar-refractivity contribution < 1.29 is 4.74 Å². The summed E-state index contributed by atoms with van der Waals surface area (Å²) in [6.45, 7) is 12.2. The van der Waals surface area contributed by atoms with E-state index in [-0.39, 0.29) is 5.54 Å². The van der Waals surface area contributed by atoms with Gasteiger partial charge in [-0.05, 0) is 50.8 Å². The molecule has 2 aromatic rings. The number of morpholine rings is 1. The van der Waals surface area contributed by atoms with Crippen LogP contribution in [0.3, 0.4) is 0 Å². The Morgan fingerprint density at radius 3 is 2.77 bits per heavy atom. The molecular weight excluding hydrogens is 324 g/mol. The van der Waals surface area contributed by atoms with Crippen LogP contribution < -0.4 is 10.2 Å². The molecule has 0 radical (unpaired) electrons. The normalized spacial score (nSPS) is 21.8. The molecule has 1 saturated heterocycles. The van der Waals surface area contributed by atoms with Gasteiger partial charge in [0.15, 0.2) is 0 Å². The van der Waals surface area contributed by atoms with E-state index >= 15 is 0 Å². The van der Waals surface area contributed by atoms with E-state index in [0.717, 1.165) is 44.4 Å². The Labute approximate surface area is 155 Å². The molecular formula is C21H28N4O. The van der Waals surface area contributed by atoms with Crippen molar-refractivity contribution in [3.8, 4) is 11.3 Å². The molecule has 26 heavy (non-hydrogen) atoms. The lowest BCUT2D eigenvalue weighted by atomic mass is 9.80. The topological polar surface area (TPSA) is 50.3 Å². The average molecular weight is 352 g/mol. The van der Waals surface area contributed by atoms with Crippen LogP contribution in [0, 0.1) is 6.92 Å². The van der Waals surface area contributed by atoms with Crippen molar-refractivity contribution >= 4 is 11.6 Å². The van der Waals surface area contributed by atoms with Crippen molar-refractivity contribution in [2.75, 3.05) is 36.5 Å². The minimum absolute atomic E-state index is 0.0799. The highest BCUT2D eigenvalue weighted by atomic mass is 16.5. The van der Waals surface area contributed by atoms with E-state index in [4.69, 9.17) is 9.72 Å². The van der Waals surface area contributed by atoms with E-state index in [9.17, 15) is 0 Å². The van der Waals surface area contributed by atoms with Gasteiger partial charge in [-0.2, -0.15) is 0 Å². The highest BCUT2D eigenvalue weighted by Crippen LogP contribution is 2.44. The van der Waals surface area contributed by atoms with E-state index in [2.05, 4.69) is 55.0 Å². The van der Waals surface area contributed by atoms with Crippen molar-refractivity contribution in [3.63, 3.8) is 0 Å². The minimum atomic E-state index is 0.0799. The number of aromatic nitrogens is 2. The predicted molar refractivity (Wildman–Crippen MR) is 106 cm³/mol. The quantitative estimate of drug-likeness (QED) is 0.886. The third-order valence-corrected chi connectivity index (χ3v) is 5.34. The first kappa shape index (κ1) is 17.3. The summed E-state index contributed by atoms with van der Waals surface area (Å²) >= 11 is 0. The second-order valence-electron chi connectivity index (χ2n) is 8.23. The Balaban J connectivity index is 1.79. The molecule has 1 fully saturated rings. The average Bonchev–Trinajstić information content (AvgIpc) is 2.62. The van der Waals surface area contributed by atoms with Crippen LogP contribution >= 0.6 is 0 Å². The number of nitrogens with zero attached hydrogens (tertiary/aromatic N) is 3. The molecule has 0 unspecified atom stereocenters. The fourth-order valence-electron chi connectivity index (χ4n) is 4.22. The van der Waals surface area contributed by atoms with Gasteiger partial charge in [0.2, 0.25) is 5.95 Å². The van der Waals surface area contributed by atoms with Crippen LogP contribution in [0.4, 0.5) is 11.6 Å². The maximum absolute atomic E-state index is 5.45. The molecule has 0 amide bonds. The summed E-state index contributed by atoms with van der Waals surface area (Å²) < 4.78 is 5.45. The van der Waals surface area contributed by atoms with Gasteiger partial charge in [0.05, 0.1) is 18.9 Å². The van der Waals surface area contributed by atoms with Gasteiger partial charge < -0.3 is 15.0 Å². The van der Waals surface area contributed by atoms with Crippen molar-refractivity contribution in [3.05, 3.63) is 35.5 Å². The third-order valence-electron chi connectivity index (χ3n) is 5.34. The van der Waals surface area contributed by atoms with Crippen LogP contribution in [0.25, 0.3) is 11.3 Å². The Hall–Kier alpha value is -2.14. The second kappa shape index (κ2) is 6.54. The maximum Gasteiger partial charge on any atom is 0.226 e. The molecule has 5 heteroatoms. The number of rotatable bonds is 2. The first-order valence-corrected chi connectivity index (χ1v) is 9.52. The predicted octanol–water partition coefficient (Wildman–Crippen LogP) is 3.99. The molecule has 4 rings (SSSR count). The molecule has 0 spiro atoms. The molecule has 2 aliphatic heterocycles. The van der Waals surface area contributed by atoms with Crippen LogP contribution in [0.5, 0.6) is 0 Å². The molecule has 3 heterocycles. The molecule has 2 aliphatic rings. The van der Waals surface area contributed by atoms with Crippen molar-refractivity contribution in [1.29, 1.82) is 0 Å². The van der Waals surface area contributed by atoms with Gasteiger partial charge in [-0.1, -0.05) is 18.6 Å². The van der Waals surface area contributed by atoms with Crippen LogP contribution in [0.1, 0.15) is 44.2 Å². The number of anilines is 2. The molecule has 1 aromatic carbocycles. The molecule has 0 bridgehead atoms. The zero-order valence-corrected chi connectivity index (χ0v) is 16.2. The molecule has 1 atom stereocenters. The molecule has 0 aliphatic carbocycles. The van der Waals surface area contributed by atoms with E-state index < -0.39 is 0 Å². The summed E-state index contributed by atoms with van der Waals surface area (Å²) in [6, 6.07) is 6.58. The molecule has 0 saturated carbocycles. The Bertz CT molecular complexity index is 812. The summed E-state index contributed by atoms with van der Waals surface area (Å²) in [5.41, 5.74) is 6.14. The highest BCUT2D eigenvalue weighted by Gasteiger charge is 2.31. The number of fused-ring (bicyclic) bond motifs is 1. The minimum Gasteiger partial charge on any atom is -0.379 e. The summed E-state index contributed by atoms with van der Waals surface area (Å²) in [4.78, 5) is 11.6. The van der Waals surface area contributed by atoms with E-state index in [1.165, 1.54) is 22.4 Å². The van der Waals surface area contributed by atoms with Gasteiger partial charge in [-0.3, -0.25) is 0 Å². The third kappa shape index (κ3) is 3.28. The lowest BCUT2D eigenvalue weighted by molar-refractivity contribution is 0.122. The van der Waals surface area contributed by atoms with Crippen molar-refractivity contribution in [2.24, 2.45) is 0 Å². The van der Waals surface area contributed by atoms with Gasteiger partial charge in [0, 0.05) is 36.1 Å². The molecule has 5 nitrogen and oxygen atoms in total. The van der Waals surface area contributed by atoms with E-state index in [0.29, 0.717) is 5.92 Å². The van der Waals surface area contributed by atoms with Crippen molar-refractivity contribution in [2.45, 2.75) is 45.6 Å².